The first-order valence-corrected chi connectivity index (χ1v) is 15.4. The number of amides is 2. The lowest BCUT2D eigenvalue weighted by molar-refractivity contribution is -0.140. The van der Waals surface area contributed by atoms with Crippen molar-refractivity contribution in [1.29, 1.82) is 0 Å². The van der Waals surface area contributed by atoms with Gasteiger partial charge < -0.3 is 10.2 Å². The molecule has 0 aliphatic rings. The third-order valence-corrected chi connectivity index (χ3v) is 9.22. The van der Waals surface area contributed by atoms with E-state index in [4.69, 9.17) is 23.2 Å². The monoisotopic (exact) mass is 603 g/mol. The summed E-state index contributed by atoms with van der Waals surface area (Å²) in [6.45, 7) is 7.16. The summed E-state index contributed by atoms with van der Waals surface area (Å²) in [7, 11) is -4.23. The van der Waals surface area contributed by atoms with Crippen LogP contribution in [0.2, 0.25) is 10.0 Å². The molecule has 7 nitrogen and oxygen atoms in total. The second-order valence-corrected chi connectivity index (χ2v) is 12.3. The van der Waals surface area contributed by atoms with Crippen LogP contribution in [0.5, 0.6) is 0 Å². The van der Waals surface area contributed by atoms with E-state index in [0.29, 0.717) is 6.42 Å². The van der Waals surface area contributed by atoms with Crippen LogP contribution in [0.15, 0.2) is 77.7 Å². The van der Waals surface area contributed by atoms with E-state index in [2.05, 4.69) is 5.32 Å². The van der Waals surface area contributed by atoms with Crippen LogP contribution in [0.3, 0.4) is 0 Å². The fourth-order valence-electron chi connectivity index (χ4n) is 4.29. The maximum atomic E-state index is 14.1. The van der Waals surface area contributed by atoms with Crippen molar-refractivity contribution < 1.29 is 18.0 Å². The zero-order chi connectivity index (χ0) is 29.4. The first-order valence-electron chi connectivity index (χ1n) is 13.2. The van der Waals surface area contributed by atoms with E-state index in [1.807, 2.05) is 52.0 Å². The maximum absolute atomic E-state index is 14.1. The van der Waals surface area contributed by atoms with Crippen LogP contribution < -0.4 is 9.62 Å². The number of anilines is 1. The Labute approximate surface area is 247 Å². The van der Waals surface area contributed by atoms with E-state index in [-0.39, 0.29) is 39.1 Å². The SMILES string of the molecule is CC[C@@H](C)NC(=O)[C@@H](CC)N(Cc1cccc(C)c1)C(=O)CN(c1cccc(Cl)c1Cl)S(=O)(=O)c1ccccc1. The van der Waals surface area contributed by atoms with E-state index >= 15 is 0 Å². The predicted octanol–water partition coefficient (Wildman–Crippen LogP) is 6.22. The average molecular weight is 605 g/mol. The molecule has 0 aromatic heterocycles. The number of rotatable bonds is 12. The number of nitrogens with zero attached hydrogens (tertiary/aromatic N) is 2. The summed E-state index contributed by atoms with van der Waals surface area (Å²) >= 11 is 12.7. The van der Waals surface area contributed by atoms with Gasteiger partial charge in [-0.2, -0.15) is 0 Å². The van der Waals surface area contributed by atoms with Gasteiger partial charge in [-0.25, -0.2) is 8.42 Å². The molecule has 3 aromatic carbocycles. The van der Waals surface area contributed by atoms with Crippen LogP contribution in [0, 0.1) is 6.92 Å². The number of sulfonamides is 1. The standard InChI is InChI=1S/C30H35Cl2N3O4S/c1-5-22(4)33-30(37)26(6-2)34(19-23-13-10-12-21(3)18-23)28(36)20-35(27-17-11-16-25(31)29(27)32)40(38,39)24-14-8-7-9-15-24/h7-18,22,26H,5-6,19-20H2,1-4H3,(H,33,37)/t22-,26-/m1/s1. The highest BCUT2D eigenvalue weighted by Crippen LogP contribution is 2.35. The molecule has 0 aliphatic carbocycles. The van der Waals surface area contributed by atoms with E-state index < -0.39 is 28.5 Å². The predicted molar refractivity (Wildman–Crippen MR) is 161 cm³/mol. The Morgan fingerprint density at radius 2 is 1.60 bits per heavy atom. The van der Waals surface area contributed by atoms with Crippen molar-refractivity contribution in [2.24, 2.45) is 0 Å². The van der Waals surface area contributed by atoms with Gasteiger partial charge in [-0.1, -0.05) is 91.1 Å². The molecule has 0 spiro atoms. The van der Waals surface area contributed by atoms with Crippen molar-refractivity contribution in [3.8, 4) is 0 Å². The summed E-state index contributed by atoms with van der Waals surface area (Å²) in [5.41, 5.74) is 1.89. The van der Waals surface area contributed by atoms with Gasteiger partial charge in [0.25, 0.3) is 10.0 Å². The molecular weight excluding hydrogens is 569 g/mol. The Balaban J connectivity index is 2.09. The summed E-state index contributed by atoms with van der Waals surface area (Å²) in [6.07, 6.45) is 1.06. The fraction of sp³-hybridized carbons (Fsp3) is 0.333. The number of carbonyl (C=O) groups is 2. The smallest absolute Gasteiger partial charge is 0.264 e. The van der Waals surface area contributed by atoms with E-state index in [1.165, 1.54) is 23.1 Å². The van der Waals surface area contributed by atoms with E-state index in [1.54, 1.807) is 30.3 Å². The van der Waals surface area contributed by atoms with Gasteiger partial charge in [0.2, 0.25) is 11.8 Å². The van der Waals surface area contributed by atoms with Crippen molar-refractivity contribution in [3.63, 3.8) is 0 Å². The minimum Gasteiger partial charge on any atom is -0.352 e. The van der Waals surface area contributed by atoms with E-state index in [0.717, 1.165) is 21.9 Å². The number of aryl methyl sites for hydroxylation is 1. The van der Waals surface area contributed by atoms with Crippen LogP contribution in [-0.4, -0.2) is 43.8 Å². The molecule has 3 aromatic rings. The molecule has 0 unspecified atom stereocenters. The highest BCUT2D eigenvalue weighted by atomic mass is 35.5. The highest BCUT2D eigenvalue weighted by molar-refractivity contribution is 7.92. The lowest BCUT2D eigenvalue weighted by Crippen LogP contribution is -2.53. The van der Waals surface area contributed by atoms with Gasteiger partial charge in [0.1, 0.15) is 12.6 Å². The van der Waals surface area contributed by atoms with Crippen LogP contribution >= 0.6 is 23.2 Å². The molecule has 2 amide bonds. The van der Waals surface area contributed by atoms with Gasteiger partial charge in [0.05, 0.1) is 20.6 Å². The normalized spacial score (nSPS) is 12.8. The number of hydrogen-bond acceptors (Lipinski definition) is 4. The molecule has 2 atom stereocenters. The van der Waals surface area contributed by atoms with Gasteiger partial charge in [0, 0.05) is 12.6 Å². The van der Waals surface area contributed by atoms with Crippen molar-refractivity contribution in [2.75, 3.05) is 10.8 Å². The van der Waals surface area contributed by atoms with Crippen molar-refractivity contribution in [1.82, 2.24) is 10.2 Å². The first kappa shape index (κ1) is 31.5. The molecule has 214 valence electrons. The zero-order valence-electron chi connectivity index (χ0n) is 23.1. The summed E-state index contributed by atoms with van der Waals surface area (Å²) in [5, 5.41) is 3.12. The van der Waals surface area contributed by atoms with Crippen LogP contribution in [-0.2, 0) is 26.2 Å². The molecule has 0 saturated carbocycles. The Bertz CT molecular complexity index is 1430. The molecule has 3 rings (SSSR count). The molecule has 10 heteroatoms. The van der Waals surface area contributed by atoms with Crippen LogP contribution in [0.1, 0.15) is 44.7 Å². The van der Waals surface area contributed by atoms with Gasteiger partial charge >= 0.3 is 0 Å². The Morgan fingerprint density at radius 3 is 2.23 bits per heavy atom. The molecule has 0 fully saturated rings. The number of carbonyl (C=O) groups excluding carboxylic acids is 2. The van der Waals surface area contributed by atoms with Crippen LogP contribution in [0.4, 0.5) is 5.69 Å². The first-order chi connectivity index (χ1) is 19.0. The minimum absolute atomic E-state index is 0.00302. The lowest BCUT2D eigenvalue weighted by atomic mass is 10.1. The second-order valence-electron chi connectivity index (χ2n) is 9.65. The third-order valence-electron chi connectivity index (χ3n) is 6.63. The van der Waals surface area contributed by atoms with Gasteiger partial charge in [-0.05, 0) is 56.5 Å². The molecular formula is C30H35Cl2N3O4S. The third kappa shape index (κ3) is 7.56. The summed E-state index contributed by atoms with van der Waals surface area (Å²) in [4.78, 5) is 28.9. The Morgan fingerprint density at radius 1 is 0.925 bits per heavy atom. The molecule has 0 saturated heterocycles. The number of hydrogen-bond donors (Lipinski definition) is 1. The Hall–Kier alpha value is -3.07. The highest BCUT2D eigenvalue weighted by Gasteiger charge is 2.34. The average Bonchev–Trinajstić information content (AvgIpc) is 2.93. The molecule has 0 heterocycles. The number of benzene rings is 3. The van der Waals surface area contributed by atoms with Crippen molar-refractivity contribution in [2.45, 2.75) is 64.1 Å². The summed E-state index contributed by atoms with van der Waals surface area (Å²) in [5.74, 6) is -0.848. The number of halogens is 2. The molecule has 40 heavy (non-hydrogen) atoms. The van der Waals surface area contributed by atoms with E-state index in [9.17, 15) is 18.0 Å². The summed E-state index contributed by atoms with van der Waals surface area (Å²) < 4.78 is 28.7. The lowest BCUT2D eigenvalue weighted by Gasteiger charge is -2.34. The second kappa shape index (κ2) is 14.0. The fourth-order valence-corrected chi connectivity index (χ4v) is 6.18. The summed E-state index contributed by atoms with van der Waals surface area (Å²) in [6, 6.07) is 19.1. The van der Waals surface area contributed by atoms with Gasteiger partial charge in [0.15, 0.2) is 0 Å². The van der Waals surface area contributed by atoms with Gasteiger partial charge in [-0.3, -0.25) is 13.9 Å². The van der Waals surface area contributed by atoms with Gasteiger partial charge in [-0.15, -0.1) is 0 Å². The number of nitrogens with one attached hydrogen (secondary N) is 1. The Kier molecular flexibility index (Phi) is 11.0. The van der Waals surface area contributed by atoms with Crippen LogP contribution in [0.25, 0.3) is 0 Å². The largest absolute Gasteiger partial charge is 0.352 e. The quantitative estimate of drug-likeness (QED) is 0.266. The zero-order valence-corrected chi connectivity index (χ0v) is 25.4. The molecule has 0 aliphatic heterocycles. The minimum atomic E-state index is -4.23. The topological polar surface area (TPSA) is 86.8 Å². The molecule has 0 radical (unpaired) electrons. The molecule has 1 N–H and O–H groups in total. The molecule has 0 bridgehead atoms. The van der Waals surface area contributed by atoms with Crippen molar-refractivity contribution in [3.05, 3.63) is 94.0 Å². The van der Waals surface area contributed by atoms with Crippen molar-refractivity contribution >= 4 is 50.7 Å². The maximum Gasteiger partial charge on any atom is 0.264 e.